The van der Waals surface area contributed by atoms with E-state index < -0.39 is 67.3 Å². The first-order chi connectivity index (χ1) is 37.6. The van der Waals surface area contributed by atoms with E-state index in [1.807, 2.05) is 6.08 Å². The van der Waals surface area contributed by atoms with E-state index in [0.29, 0.717) is 25.7 Å². The van der Waals surface area contributed by atoms with Crippen molar-refractivity contribution >= 4 is 23.9 Å². The molecule has 0 bridgehead atoms. The number of carboxylic acids is 1. The molecule has 1 heterocycles. The molecule has 12 heteroatoms. The third kappa shape index (κ3) is 42.1. The maximum absolute atomic E-state index is 13.2. The molecule has 12 nitrogen and oxygen atoms in total. The van der Waals surface area contributed by atoms with Gasteiger partial charge in [0.15, 0.2) is 24.6 Å². The van der Waals surface area contributed by atoms with Crippen molar-refractivity contribution in [3.8, 4) is 0 Å². The molecule has 1 aliphatic heterocycles. The van der Waals surface area contributed by atoms with Crippen LogP contribution in [-0.2, 0) is 42.9 Å². The zero-order valence-electron chi connectivity index (χ0n) is 47.9. The number of carboxylic acid groups (broad SMARTS) is 1. The van der Waals surface area contributed by atoms with Crippen LogP contribution in [0.4, 0.5) is 0 Å². The topological polar surface area (TPSA) is 175 Å². The van der Waals surface area contributed by atoms with Gasteiger partial charge < -0.3 is 39.0 Å². The second-order valence-electron chi connectivity index (χ2n) is 19.9. The van der Waals surface area contributed by atoms with Crippen molar-refractivity contribution in [3.05, 3.63) is 109 Å². The highest BCUT2D eigenvalue weighted by Gasteiger charge is 2.50. The molecule has 1 saturated heterocycles. The Morgan fingerprint density at radius 1 is 0.442 bits per heavy atom. The molecule has 77 heavy (non-hydrogen) atoms. The third-order valence-corrected chi connectivity index (χ3v) is 12.8. The Balaban J connectivity index is 2.75. The number of hydrogen-bond donors (Lipinski definition) is 3. The van der Waals surface area contributed by atoms with Gasteiger partial charge in [0.05, 0.1) is 6.61 Å². The number of aliphatic hydroxyl groups is 2. The van der Waals surface area contributed by atoms with Crippen LogP contribution in [0.1, 0.15) is 226 Å². The van der Waals surface area contributed by atoms with Crippen molar-refractivity contribution in [1.29, 1.82) is 0 Å². The summed E-state index contributed by atoms with van der Waals surface area (Å²) in [5.41, 5.74) is 0. The molecule has 0 radical (unpaired) electrons. The molecular formula is C65H104O12. The Labute approximate surface area is 465 Å². The number of carbonyl (C=O) groups is 4. The maximum atomic E-state index is 13.2. The minimum Gasteiger partial charge on any atom is -0.479 e. The highest BCUT2D eigenvalue weighted by Crippen LogP contribution is 2.26. The van der Waals surface area contributed by atoms with E-state index >= 15 is 0 Å². The van der Waals surface area contributed by atoms with Gasteiger partial charge in [-0.1, -0.05) is 201 Å². The number of allylic oxidation sites excluding steroid dienone is 18. The number of hydrogen-bond acceptors (Lipinski definition) is 11. The smallest absolute Gasteiger partial charge is 0.335 e. The zero-order chi connectivity index (χ0) is 56.1. The highest BCUT2D eigenvalue weighted by atomic mass is 16.7. The van der Waals surface area contributed by atoms with Crippen LogP contribution >= 0.6 is 0 Å². The van der Waals surface area contributed by atoms with Crippen LogP contribution in [0.15, 0.2) is 109 Å². The lowest BCUT2D eigenvalue weighted by Crippen LogP contribution is -2.61. The largest absolute Gasteiger partial charge is 0.479 e. The average molecular weight is 1080 g/mol. The number of aliphatic hydroxyl groups excluding tert-OH is 2. The second-order valence-corrected chi connectivity index (χ2v) is 19.9. The molecule has 0 aromatic rings. The van der Waals surface area contributed by atoms with E-state index in [4.69, 9.17) is 23.7 Å². The predicted octanol–water partition coefficient (Wildman–Crippen LogP) is 15.4. The van der Waals surface area contributed by atoms with E-state index in [1.165, 1.54) is 57.8 Å². The maximum Gasteiger partial charge on any atom is 0.335 e. The summed E-state index contributed by atoms with van der Waals surface area (Å²) in [6.45, 7) is 5.69. The van der Waals surface area contributed by atoms with Gasteiger partial charge in [-0.15, -0.1) is 0 Å². The van der Waals surface area contributed by atoms with Crippen molar-refractivity contribution < 1.29 is 58.2 Å². The molecule has 0 saturated carbocycles. The number of rotatable bonds is 49. The molecule has 0 amide bonds. The summed E-state index contributed by atoms with van der Waals surface area (Å²) in [5, 5.41) is 31.5. The molecule has 0 aromatic heterocycles. The summed E-state index contributed by atoms with van der Waals surface area (Å²) < 4.78 is 28.3. The summed E-state index contributed by atoms with van der Waals surface area (Å²) >= 11 is 0. The summed E-state index contributed by atoms with van der Waals surface area (Å²) in [5.74, 6) is -3.25. The van der Waals surface area contributed by atoms with Crippen LogP contribution in [0.3, 0.4) is 0 Å². The van der Waals surface area contributed by atoms with E-state index in [-0.39, 0.29) is 25.9 Å². The predicted molar refractivity (Wildman–Crippen MR) is 312 cm³/mol. The van der Waals surface area contributed by atoms with Crippen LogP contribution in [0.5, 0.6) is 0 Å². The van der Waals surface area contributed by atoms with Gasteiger partial charge in [-0.3, -0.25) is 14.4 Å². The summed E-state index contributed by atoms with van der Waals surface area (Å²) in [7, 11) is 0. The summed E-state index contributed by atoms with van der Waals surface area (Å²) in [6.07, 6.45) is 57.8. The standard InChI is InChI=1S/C65H104O12/c1-4-7-10-13-16-19-22-25-27-29-31-34-36-39-42-45-48-51-57(66)73-54-56(75-58(67)52-49-46-43-40-38-35-32-30-28-26-23-20-17-14-11-8-5-2)55-74-65-63(61(70)60(69)62(77-65)64(71)72)76-59(68)53-50-47-44-41-37-33-24-21-18-15-12-9-6-3/h7,9-10,12,16,18-19,21,25-28,31,33-34,37,39,42,56,60-63,65,69-70H,4-6,8,11,13-15,17,20,22-24,29-30,32,35-36,38,40-41,43-55H2,1-3H3,(H,71,72)/b10-7-,12-9-,19-16-,21-18-,27-25-,28-26-,34-31-,37-33-,42-39-. The van der Waals surface area contributed by atoms with E-state index in [0.717, 1.165) is 103 Å². The molecule has 6 unspecified atom stereocenters. The molecule has 3 N–H and O–H groups in total. The lowest BCUT2D eigenvalue weighted by molar-refractivity contribution is -0.301. The fourth-order valence-corrected chi connectivity index (χ4v) is 8.29. The Bertz CT molecular complexity index is 1750. The average Bonchev–Trinajstić information content (AvgIpc) is 3.42. The molecule has 0 spiro atoms. The summed E-state index contributed by atoms with van der Waals surface area (Å²) in [6, 6.07) is 0. The van der Waals surface area contributed by atoms with Gasteiger partial charge in [-0.05, 0) is 116 Å². The number of carbonyl (C=O) groups excluding carboxylic acids is 3. The van der Waals surface area contributed by atoms with Gasteiger partial charge in [-0.2, -0.15) is 0 Å². The number of esters is 3. The summed E-state index contributed by atoms with van der Waals surface area (Å²) in [4.78, 5) is 51.1. The zero-order valence-corrected chi connectivity index (χ0v) is 47.9. The van der Waals surface area contributed by atoms with Crippen LogP contribution < -0.4 is 0 Å². The Morgan fingerprint density at radius 3 is 1.31 bits per heavy atom. The van der Waals surface area contributed by atoms with Crippen LogP contribution in [0.25, 0.3) is 0 Å². The van der Waals surface area contributed by atoms with Gasteiger partial charge >= 0.3 is 23.9 Å². The van der Waals surface area contributed by atoms with Crippen molar-refractivity contribution in [1.82, 2.24) is 0 Å². The first-order valence-corrected chi connectivity index (χ1v) is 29.9. The minimum atomic E-state index is -1.93. The Morgan fingerprint density at radius 2 is 0.831 bits per heavy atom. The molecule has 0 aromatic carbocycles. The van der Waals surface area contributed by atoms with Crippen LogP contribution in [0.2, 0.25) is 0 Å². The fourth-order valence-electron chi connectivity index (χ4n) is 8.29. The lowest BCUT2D eigenvalue weighted by atomic mass is 9.98. The van der Waals surface area contributed by atoms with Gasteiger partial charge in [0.1, 0.15) is 18.8 Å². The number of aliphatic carboxylic acids is 1. The van der Waals surface area contributed by atoms with E-state index in [9.17, 15) is 34.5 Å². The molecule has 6 atom stereocenters. The van der Waals surface area contributed by atoms with Gasteiger partial charge in [0.25, 0.3) is 0 Å². The van der Waals surface area contributed by atoms with Crippen molar-refractivity contribution in [2.75, 3.05) is 13.2 Å². The van der Waals surface area contributed by atoms with E-state index in [2.05, 4.69) is 124 Å². The Hall–Kier alpha value is -4.62. The molecule has 1 fully saturated rings. The SMILES string of the molecule is CC/C=C\C/C=C\C/C=C\C/C=C\C/C=C\CCCC(=O)OCC(COC1OC(C(=O)O)C(O)C(O)C1OC(=O)CCCCC/C=C\C/C=C\C/C=C\CC)OC(=O)CCCCCCCCC/C=C\CCCCCCCC. The molecule has 436 valence electrons. The molecular weight excluding hydrogens is 973 g/mol. The molecule has 1 aliphatic rings. The van der Waals surface area contributed by atoms with Crippen molar-refractivity contribution in [2.45, 2.75) is 263 Å². The van der Waals surface area contributed by atoms with Gasteiger partial charge in [0.2, 0.25) is 0 Å². The van der Waals surface area contributed by atoms with Crippen LogP contribution in [-0.4, -0.2) is 89.2 Å². The monoisotopic (exact) mass is 1080 g/mol. The number of ether oxygens (including phenoxy) is 5. The van der Waals surface area contributed by atoms with Crippen molar-refractivity contribution in [3.63, 3.8) is 0 Å². The quantitative estimate of drug-likeness (QED) is 0.0228. The van der Waals surface area contributed by atoms with Gasteiger partial charge in [0, 0.05) is 19.3 Å². The third-order valence-electron chi connectivity index (χ3n) is 12.8. The first kappa shape index (κ1) is 70.4. The number of unbranched alkanes of at least 4 members (excludes halogenated alkanes) is 17. The normalized spacial score (nSPS) is 18.8. The lowest BCUT2D eigenvalue weighted by Gasteiger charge is -2.40. The molecule has 1 rings (SSSR count). The second kappa shape index (κ2) is 52.1. The van der Waals surface area contributed by atoms with Crippen LogP contribution in [0, 0.1) is 0 Å². The fraction of sp³-hybridized carbons (Fsp3) is 0.662. The first-order valence-electron chi connectivity index (χ1n) is 29.9. The minimum absolute atomic E-state index is 0.0143. The highest BCUT2D eigenvalue weighted by molar-refractivity contribution is 5.74. The Kier molecular flexibility index (Phi) is 47.6. The molecule has 0 aliphatic carbocycles. The van der Waals surface area contributed by atoms with E-state index in [1.54, 1.807) is 0 Å². The van der Waals surface area contributed by atoms with Crippen molar-refractivity contribution in [2.24, 2.45) is 0 Å². The van der Waals surface area contributed by atoms with Gasteiger partial charge in [-0.25, -0.2) is 4.79 Å².